The van der Waals surface area contributed by atoms with Crippen LogP contribution in [0.1, 0.15) is 18.4 Å². The van der Waals surface area contributed by atoms with E-state index in [1.54, 1.807) is 0 Å². The molecule has 1 fully saturated rings. The molecule has 1 aliphatic rings. The highest BCUT2D eigenvalue weighted by atomic mass is 16.5. The molecule has 4 heteroatoms. The largest absolute Gasteiger partial charge is 0.396 e. The van der Waals surface area contributed by atoms with Crippen LogP contribution in [0.2, 0.25) is 0 Å². The van der Waals surface area contributed by atoms with E-state index in [0.717, 1.165) is 5.56 Å². The van der Waals surface area contributed by atoms with Crippen molar-refractivity contribution in [2.24, 2.45) is 5.92 Å². The molecule has 1 aromatic rings. The van der Waals surface area contributed by atoms with Crippen LogP contribution in [0.4, 0.5) is 0 Å². The average Bonchev–Trinajstić information content (AvgIpc) is 2.64. The van der Waals surface area contributed by atoms with E-state index in [-0.39, 0.29) is 12.5 Å². The fourth-order valence-electron chi connectivity index (χ4n) is 2.51. The summed E-state index contributed by atoms with van der Waals surface area (Å²) in [6.07, 6.45) is -0.914. The summed E-state index contributed by atoms with van der Waals surface area (Å²) in [7, 11) is 0. The molecule has 1 aliphatic carbocycles. The van der Waals surface area contributed by atoms with Gasteiger partial charge in [0.05, 0.1) is 18.8 Å². The highest BCUT2D eigenvalue weighted by molar-refractivity contribution is 5.13. The predicted octanol–water partition coefficient (Wildman–Crippen LogP) is 0.696. The minimum Gasteiger partial charge on any atom is -0.396 e. The number of aliphatic hydroxyl groups is 3. The molecule has 0 radical (unpaired) electrons. The Labute approximate surface area is 107 Å². The van der Waals surface area contributed by atoms with E-state index in [0.29, 0.717) is 19.4 Å². The summed E-state index contributed by atoms with van der Waals surface area (Å²) < 4.78 is 5.61. The van der Waals surface area contributed by atoms with Gasteiger partial charge in [-0.3, -0.25) is 0 Å². The van der Waals surface area contributed by atoms with Crippen LogP contribution >= 0.6 is 0 Å². The molecule has 0 aromatic heterocycles. The standard InChI is InChI=1S/C14H20O4/c15-7-6-11-8-12(16)14(13(11)17)18-9-10-4-2-1-3-5-10/h1-5,11-17H,6-9H2/t11-,12-,13+,14-/m0/s1. The quantitative estimate of drug-likeness (QED) is 0.721. The van der Waals surface area contributed by atoms with Crippen LogP contribution in [0.25, 0.3) is 0 Å². The maximum Gasteiger partial charge on any atom is 0.110 e. The topological polar surface area (TPSA) is 69.9 Å². The van der Waals surface area contributed by atoms with Crippen molar-refractivity contribution in [3.05, 3.63) is 35.9 Å². The Morgan fingerprint density at radius 2 is 1.89 bits per heavy atom. The van der Waals surface area contributed by atoms with Gasteiger partial charge in [0.2, 0.25) is 0 Å². The average molecular weight is 252 g/mol. The van der Waals surface area contributed by atoms with Crippen molar-refractivity contribution in [2.75, 3.05) is 6.61 Å². The third-order valence-corrected chi connectivity index (χ3v) is 3.53. The van der Waals surface area contributed by atoms with Crippen LogP contribution < -0.4 is 0 Å². The van der Waals surface area contributed by atoms with Gasteiger partial charge < -0.3 is 20.1 Å². The number of benzene rings is 1. The summed E-state index contributed by atoms with van der Waals surface area (Å²) in [5, 5.41) is 28.8. The summed E-state index contributed by atoms with van der Waals surface area (Å²) in [6.45, 7) is 0.408. The summed E-state index contributed by atoms with van der Waals surface area (Å²) in [5.74, 6) is -0.0780. The lowest BCUT2D eigenvalue weighted by atomic mass is 10.0. The van der Waals surface area contributed by atoms with Crippen LogP contribution in [-0.4, -0.2) is 40.2 Å². The van der Waals surface area contributed by atoms with Gasteiger partial charge >= 0.3 is 0 Å². The van der Waals surface area contributed by atoms with Crippen LogP contribution in [0.5, 0.6) is 0 Å². The minimum atomic E-state index is -0.698. The van der Waals surface area contributed by atoms with Gasteiger partial charge in [-0.2, -0.15) is 0 Å². The molecule has 0 saturated heterocycles. The van der Waals surface area contributed by atoms with Gasteiger partial charge in [-0.15, -0.1) is 0 Å². The normalized spacial score (nSPS) is 31.7. The molecule has 0 amide bonds. The Kier molecular flexibility index (Phi) is 4.72. The molecule has 1 aromatic carbocycles. The lowest BCUT2D eigenvalue weighted by molar-refractivity contribution is -0.0815. The molecule has 4 atom stereocenters. The van der Waals surface area contributed by atoms with Gasteiger partial charge in [-0.25, -0.2) is 0 Å². The van der Waals surface area contributed by atoms with E-state index in [4.69, 9.17) is 9.84 Å². The van der Waals surface area contributed by atoms with Gasteiger partial charge in [0.1, 0.15) is 6.10 Å². The van der Waals surface area contributed by atoms with E-state index in [2.05, 4.69) is 0 Å². The summed E-state index contributed by atoms with van der Waals surface area (Å²) in [4.78, 5) is 0. The third kappa shape index (κ3) is 3.09. The number of hydrogen-bond acceptors (Lipinski definition) is 4. The molecule has 0 bridgehead atoms. The fraction of sp³-hybridized carbons (Fsp3) is 0.571. The maximum atomic E-state index is 10.0. The number of aliphatic hydroxyl groups excluding tert-OH is 3. The van der Waals surface area contributed by atoms with Crippen molar-refractivity contribution in [1.82, 2.24) is 0 Å². The SMILES string of the molecule is OCC[C@H]1C[C@H](O)[C@H](OCc2ccccc2)[C@@H]1O. The highest BCUT2D eigenvalue weighted by Gasteiger charge is 2.41. The minimum absolute atomic E-state index is 0.0276. The smallest absolute Gasteiger partial charge is 0.110 e. The molecule has 2 rings (SSSR count). The van der Waals surface area contributed by atoms with E-state index in [9.17, 15) is 10.2 Å². The molecule has 0 aliphatic heterocycles. The van der Waals surface area contributed by atoms with Crippen LogP contribution in [0.15, 0.2) is 30.3 Å². The first-order chi connectivity index (χ1) is 8.72. The first kappa shape index (κ1) is 13.5. The van der Waals surface area contributed by atoms with Crippen LogP contribution in [0, 0.1) is 5.92 Å². The number of ether oxygens (including phenoxy) is 1. The zero-order chi connectivity index (χ0) is 13.0. The number of hydrogen-bond donors (Lipinski definition) is 3. The molecule has 4 nitrogen and oxygen atoms in total. The lowest BCUT2D eigenvalue weighted by Gasteiger charge is -2.20. The molecule has 18 heavy (non-hydrogen) atoms. The summed E-state index contributed by atoms with van der Waals surface area (Å²) in [6, 6.07) is 9.67. The van der Waals surface area contributed by atoms with E-state index in [1.807, 2.05) is 30.3 Å². The Morgan fingerprint density at radius 3 is 2.56 bits per heavy atom. The zero-order valence-corrected chi connectivity index (χ0v) is 10.3. The Bertz CT molecular complexity index is 354. The first-order valence-corrected chi connectivity index (χ1v) is 6.35. The predicted molar refractivity (Wildman–Crippen MR) is 66.8 cm³/mol. The van der Waals surface area contributed by atoms with Gasteiger partial charge in [0.15, 0.2) is 0 Å². The molecule has 100 valence electrons. The monoisotopic (exact) mass is 252 g/mol. The maximum absolute atomic E-state index is 10.0. The summed E-state index contributed by atoms with van der Waals surface area (Å²) >= 11 is 0. The second kappa shape index (κ2) is 6.29. The molecule has 0 heterocycles. The van der Waals surface area contributed by atoms with Crippen molar-refractivity contribution in [3.8, 4) is 0 Å². The van der Waals surface area contributed by atoms with Crippen molar-refractivity contribution < 1.29 is 20.1 Å². The molecular weight excluding hydrogens is 232 g/mol. The van der Waals surface area contributed by atoms with Crippen LogP contribution in [0.3, 0.4) is 0 Å². The van der Waals surface area contributed by atoms with Crippen molar-refractivity contribution >= 4 is 0 Å². The van der Waals surface area contributed by atoms with Crippen molar-refractivity contribution in [3.63, 3.8) is 0 Å². The van der Waals surface area contributed by atoms with E-state index < -0.39 is 18.3 Å². The molecule has 3 N–H and O–H groups in total. The molecular formula is C14H20O4. The van der Waals surface area contributed by atoms with Gasteiger partial charge in [-0.1, -0.05) is 30.3 Å². The highest BCUT2D eigenvalue weighted by Crippen LogP contribution is 2.31. The second-order valence-corrected chi connectivity index (χ2v) is 4.83. The zero-order valence-electron chi connectivity index (χ0n) is 10.3. The van der Waals surface area contributed by atoms with Gasteiger partial charge in [0, 0.05) is 6.61 Å². The molecule has 0 unspecified atom stereocenters. The molecule has 0 spiro atoms. The van der Waals surface area contributed by atoms with Crippen molar-refractivity contribution in [1.29, 1.82) is 0 Å². The second-order valence-electron chi connectivity index (χ2n) is 4.83. The third-order valence-electron chi connectivity index (χ3n) is 3.53. The van der Waals surface area contributed by atoms with Gasteiger partial charge in [0.25, 0.3) is 0 Å². The van der Waals surface area contributed by atoms with Gasteiger partial charge in [-0.05, 0) is 24.3 Å². The first-order valence-electron chi connectivity index (χ1n) is 6.35. The van der Waals surface area contributed by atoms with Crippen LogP contribution in [-0.2, 0) is 11.3 Å². The number of rotatable bonds is 5. The van der Waals surface area contributed by atoms with Crippen molar-refractivity contribution in [2.45, 2.75) is 37.8 Å². The van der Waals surface area contributed by atoms with E-state index in [1.165, 1.54) is 0 Å². The summed E-state index contributed by atoms with van der Waals surface area (Å²) in [5.41, 5.74) is 1.02. The Balaban J connectivity index is 1.89. The lowest BCUT2D eigenvalue weighted by Crippen LogP contribution is -2.33. The fourth-order valence-corrected chi connectivity index (χ4v) is 2.51. The van der Waals surface area contributed by atoms with E-state index >= 15 is 0 Å². The molecule has 1 saturated carbocycles. The Morgan fingerprint density at radius 1 is 1.17 bits per heavy atom. The Hall–Kier alpha value is -0.940.